The number of carboxylic acid groups (broad SMARTS) is 1. The fourth-order valence-corrected chi connectivity index (χ4v) is 2.95. The van der Waals surface area contributed by atoms with E-state index in [4.69, 9.17) is 20.3 Å². The second-order valence-electron chi connectivity index (χ2n) is 7.31. The Hall–Kier alpha value is -2.59. The average molecular weight is 512 g/mol. The van der Waals surface area contributed by atoms with Crippen LogP contribution in [0.25, 0.3) is 0 Å². The van der Waals surface area contributed by atoms with Crippen LogP contribution >= 0.6 is 23.1 Å². The van der Waals surface area contributed by atoms with Crippen molar-refractivity contribution in [2.45, 2.75) is 54.4 Å². The Labute approximate surface area is 211 Å². The highest BCUT2D eigenvalue weighted by atomic mass is 32.2. The molecule has 8 nitrogen and oxygen atoms in total. The van der Waals surface area contributed by atoms with Crippen molar-refractivity contribution < 1.29 is 24.2 Å². The molecule has 0 spiro atoms. The summed E-state index contributed by atoms with van der Waals surface area (Å²) >= 11 is 2.68. The normalized spacial score (nSPS) is 12.9. The Bertz CT molecular complexity index is 874. The molecule has 0 saturated carbocycles. The van der Waals surface area contributed by atoms with Gasteiger partial charge in [-0.1, -0.05) is 51.2 Å². The van der Waals surface area contributed by atoms with Gasteiger partial charge < -0.3 is 20.3 Å². The molecule has 0 saturated heterocycles. The van der Waals surface area contributed by atoms with Crippen molar-refractivity contribution in [1.29, 1.82) is 0 Å². The van der Waals surface area contributed by atoms with Crippen molar-refractivity contribution in [3.05, 3.63) is 51.8 Å². The highest BCUT2D eigenvalue weighted by Crippen LogP contribution is 2.20. The zero-order chi connectivity index (χ0) is 25.9. The number of ether oxygens (including phenoxy) is 2. The van der Waals surface area contributed by atoms with E-state index in [0.29, 0.717) is 36.9 Å². The number of Topliss-reactive ketones (excluding diaryl/α,β-unsaturated/α-hetero) is 1. The Morgan fingerprint density at radius 2 is 1.97 bits per heavy atom. The lowest BCUT2D eigenvalue weighted by molar-refractivity contribution is -0.113. The van der Waals surface area contributed by atoms with Gasteiger partial charge in [0.2, 0.25) is 10.1 Å². The summed E-state index contributed by atoms with van der Waals surface area (Å²) in [6.07, 6.45) is 9.21. The van der Waals surface area contributed by atoms with Gasteiger partial charge in [0.25, 0.3) is 0 Å². The monoisotopic (exact) mass is 511 g/mol. The number of anilines is 1. The van der Waals surface area contributed by atoms with Gasteiger partial charge in [0.05, 0.1) is 13.2 Å². The maximum Gasteiger partial charge on any atom is 0.367 e. The van der Waals surface area contributed by atoms with Gasteiger partial charge in [-0.3, -0.25) is 4.79 Å². The number of hydrogen-bond donors (Lipinski definition) is 2. The lowest BCUT2D eigenvalue weighted by atomic mass is 10.1. The summed E-state index contributed by atoms with van der Waals surface area (Å²) in [6, 6.07) is 0. The highest BCUT2D eigenvalue weighted by Gasteiger charge is 2.11. The molecule has 10 heteroatoms. The van der Waals surface area contributed by atoms with Crippen molar-refractivity contribution in [3.63, 3.8) is 0 Å². The molecule has 0 aromatic carbocycles. The SMILES string of the molecule is C/C=C\SCC.CCCOC1=CC(C(C)=O)=CCC(OCC(C)C)=C1.Nc1nnc(C(=O)O)s1. The van der Waals surface area contributed by atoms with Crippen LogP contribution in [0.2, 0.25) is 0 Å². The van der Waals surface area contributed by atoms with Crippen LogP contribution in [-0.4, -0.2) is 46.0 Å². The molecule has 0 aliphatic heterocycles. The van der Waals surface area contributed by atoms with Gasteiger partial charge in [0, 0.05) is 18.1 Å². The standard InChI is InChI=1S/C16H24O3.C5H10S.C3H3N3O2S/c1-5-8-18-16-9-14(13(4)17)6-7-15(10-16)19-11-12(2)3;1-3-5-6-4-2;4-3-6-5-1(9-3)2(7)8/h6,9-10,12H,5,7-8,11H2,1-4H3;3,5H,4H2,1-2H3;(H2,4,6)(H,7,8)/b;5-3-;. The van der Waals surface area contributed by atoms with Crippen LogP contribution in [0.3, 0.4) is 0 Å². The zero-order valence-electron chi connectivity index (χ0n) is 20.9. The first-order valence-corrected chi connectivity index (χ1v) is 12.9. The lowest BCUT2D eigenvalue weighted by Crippen LogP contribution is -2.02. The molecule has 0 radical (unpaired) electrons. The number of ketones is 1. The first-order valence-electron chi connectivity index (χ1n) is 11.1. The molecule has 0 bridgehead atoms. The number of carboxylic acids is 1. The number of rotatable bonds is 10. The van der Waals surface area contributed by atoms with Gasteiger partial charge in [-0.2, -0.15) is 0 Å². The van der Waals surface area contributed by atoms with E-state index in [-0.39, 0.29) is 15.9 Å². The topological polar surface area (TPSA) is 125 Å². The Morgan fingerprint density at radius 3 is 2.38 bits per heavy atom. The minimum atomic E-state index is -1.09. The highest BCUT2D eigenvalue weighted by molar-refractivity contribution is 8.02. The molecule has 190 valence electrons. The Kier molecular flexibility index (Phi) is 17.4. The number of aromatic nitrogens is 2. The number of allylic oxidation sites excluding steroid dienone is 5. The number of carbonyl (C=O) groups excluding carboxylic acids is 1. The number of aromatic carboxylic acids is 1. The predicted octanol–water partition coefficient (Wildman–Crippen LogP) is 5.86. The molecule has 1 aromatic rings. The molecule has 1 heterocycles. The summed E-state index contributed by atoms with van der Waals surface area (Å²) in [5.41, 5.74) is 5.78. The van der Waals surface area contributed by atoms with Crippen molar-refractivity contribution in [1.82, 2.24) is 10.2 Å². The van der Waals surface area contributed by atoms with Crippen LogP contribution in [0.5, 0.6) is 0 Å². The van der Waals surface area contributed by atoms with Crippen LogP contribution in [0.1, 0.15) is 64.2 Å². The van der Waals surface area contributed by atoms with Crippen LogP contribution in [0.15, 0.2) is 46.8 Å². The molecule has 0 unspecified atom stereocenters. The van der Waals surface area contributed by atoms with Gasteiger partial charge in [0.1, 0.15) is 11.5 Å². The van der Waals surface area contributed by atoms with E-state index in [9.17, 15) is 9.59 Å². The van der Waals surface area contributed by atoms with Gasteiger partial charge in [-0.15, -0.1) is 22.0 Å². The summed E-state index contributed by atoms with van der Waals surface area (Å²) in [4.78, 5) is 21.6. The molecule has 1 aliphatic rings. The molecule has 0 fully saturated rings. The average Bonchev–Trinajstić information content (AvgIpc) is 3.12. The zero-order valence-corrected chi connectivity index (χ0v) is 22.5. The first-order chi connectivity index (χ1) is 16.1. The third-order valence-electron chi connectivity index (χ3n) is 3.63. The lowest BCUT2D eigenvalue weighted by Gasteiger charge is -2.11. The number of nitrogen functional groups attached to an aromatic ring is 1. The molecule has 1 aromatic heterocycles. The number of nitrogens with two attached hydrogens (primary N) is 1. The van der Waals surface area contributed by atoms with Crippen LogP contribution in [0, 0.1) is 5.92 Å². The summed E-state index contributed by atoms with van der Waals surface area (Å²) in [5.74, 6) is 2.18. The van der Waals surface area contributed by atoms with E-state index in [1.165, 1.54) is 5.75 Å². The fourth-order valence-electron chi connectivity index (χ4n) is 2.12. The van der Waals surface area contributed by atoms with Crippen LogP contribution in [0.4, 0.5) is 5.13 Å². The summed E-state index contributed by atoms with van der Waals surface area (Å²) in [7, 11) is 0. The van der Waals surface area contributed by atoms with E-state index in [1.54, 1.807) is 13.0 Å². The molecule has 3 N–H and O–H groups in total. The Balaban J connectivity index is 0.000000596. The molecular formula is C24H37N3O5S2. The number of carbonyl (C=O) groups is 2. The van der Waals surface area contributed by atoms with Crippen molar-refractivity contribution in [2.75, 3.05) is 24.7 Å². The largest absolute Gasteiger partial charge is 0.497 e. The van der Waals surface area contributed by atoms with E-state index in [1.807, 2.05) is 36.9 Å². The smallest absolute Gasteiger partial charge is 0.367 e. The summed E-state index contributed by atoms with van der Waals surface area (Å²) in [6.45, 7) is 13.3. The van der Waals surface area contributed by atoms with E-state index in [2.05, 4.69) is 43.3 Å². The third-order valence-corrected chi connectivity index (χ3v) is 5.17. The number of thioether (sulfide) groups is 1. The molecule has 0 atom stereocenters. The minimum Gasteiger partial charge on any atom is -0.497 e. The first kappa shape index (κ1) is 31.4. The van der Waals surface area contributed by atoms with E-state index >= 15 is 0 Å². The molecule has 1 aliphatic carbocycles. The fraction of sp³-hybridized carbons (Fsp3) is 0.500. The van der Waals surface area contributed by atoms with Crippen molar-refractivity contribution >= 4 is 40.0 Å². The summed E-state index contributed by atoms with van der Waals surface area (Å²) in [5, 5.41) is 17.0. The number of nitrogens with zero attached hydrogens (tertiary/aromatic N) is 2. The van der Waals surface area contributed by atoms with Gasteiger partial charge >= 0.3 is 5.97 Å². The van der Waals surface area contributed by atoms with Crippen LogP contribution < -0.4 is 5.73 Å². The van der Waals surface area contributed by atoms with E-state index < -0.39 is 5.97 Å². The van der Waals surface area contributed by atoms with Crippen LogP contribution in [-0.2, 0) is 14.3 Å². The molecular weight excluding hydrogens is 474 g/mol. The molecule has 0 amide bonds. The molecule has 34 heavy (non-hydrogen) atoms. The van der Waals surface area contributed by atoms with Gasteiger partial charge in [0.15, 0.2) is 5.78 Å². The van der Waals surface area contributed by atoms with Crippen molar-refractivity contribution in [3.8, 4) is 0 Å². The van der Waals surface area contributed by atoms with Crippen molar-refractivity contribution in [2.24, 2.45) is 5.92 Å². The predicted molar refractivity (Wildman–Crippen MR) is 141 cm³/mol. The van der Waals surface area contributed by atoms with Gasteiger partial charge in [-0.05, 0) is 43.4 Å². The quantitative estimate of drug-likeness (QED) is 0.397. The molecule has 2 rings (SSSR count). The second-order valence-corrected chi connectivity index (χ2v) is 9.50. The maximum atomic E-state index is 11.5. The minimum absolute atomic E-state index is 0.0520. The second kappa shape index (κ2) is 18.8. The third kappa shape index (κ3) is 15.3. The maximum absolute atomic E-state index is 11.5. The van der Waals surface area contributed by atoms with Gasteiger partial charge in [-0.25, -0.2) is 4.79 Å². The van der Waals surface area contributed by atoms with E-state index in [0.717, 1.165) is 23.5 Å². The number of hydrogen-bond acceptors (Lipinski definition) is 9. The summed E-state index contributed by atoms with van der Waals surface area (Å²) < 4.78 is 11.4. The Morgan fingerprint density at radius 1 is 1.26 bits per heavy atom.